The third-order valence-corrected chi connectivity index (χ3v) is 5.69. The summed E-state index contributed by atoms with van der Waals surface area (Å²) >= 11 is 0. The first-order chi connectivity index (χ1) is 19.2. The van der Waals surface area contributed by atoms with Gasteiger partial charge < -0.3 is 24.1 Å². The van der Waals surface area contributed by atoms with Gasteiger partial charge in [0.1, 0.15) is 5.57 Å². The van der Waals surface area contributed by atoms with Gasteiger partial charge in [0, 0.05) is 5.56 Å². The van der Waals surface area contributed by atoms with Crippen LogP contribution in [0.4, 0.5) is 4.79 Å². The van der Waals surface area contributed by atoms with Gasteiger partial charge in [-0.25, -0.2) is 9.59 Å². The maximum absolute atomic E-state index is 13.4. The van der Waals surface area contributed by atoms with Gasteiger partial charge in [0.05, 0.1) is 26.9 Å². The van der Waals surface area contributed by atoms with Gasteiger partial charge in [-0.3, -0.25) is 19.8 Å². The molecule has 0 aromatic heterocycles. The van der Waals surface area contributed by atoms with Gasteiger partial charge in [-0.15, -0.1) is 6.58 Å². The molecule has 3 rings (SSSR count). The molecule has 0 aliphatic carbocycles. The van der Waals surface area contributed by atoms with Crippen LogP contribution in [-0.2, 0) is 27.3 Å². The van der Waals surface area contributed by atoms with E-state index >= 15 is 0 Å². The van der Waals surface area contributed by atoms with E-state index in [-0.39, 0.29) is 23.6 Å². The number of urea groups is 1. The highest BCUT2D eigenvalue weighted by Gasteiger charge is 2.36. The van der Waals surface area contributed by atoms with E-state index in [1.807, 2.05) is 13.8 Å². The Kier molecular flexibility index (Phi) is 10.3. The zero-order valence-corrected chi connectivity index (χ0v) is 22.7. The fraction of sp³-hybridized carbons (Fsp3) is 0.310. The molecule has 1 aliphatic rings. The highest BCUT2D eigenvalue weighted by Crippen LogP contribution is 2.35. The van der Waals surface area contributed by atoms with Crippen molar-refractivity contribution in [2.24, 2.45) is 0 Å². The lowest BCUT2D eigenvalue weighted by Gasteiger charge is -2.27. The van der Waals surface area contributed by atoms with Crippen molar-refractivity contribution in [3.05, 3.63) is 65.3 Å². The summed E-state index contributed by atoms with van der Waals surface area (Å²) in [7, 11) is 1.38. The number of hydrogen-bond donors (Lipinski definition) is 2. The van der Waals surface area contributed by atoms with Crippen LogP contribution >= 0.6 is 0 Å². The maximum Gasteiger partial charge on any atom is 0.341 e. The minimum absolute atomic E-state index is 0.115. The number of rotatable bonds is 14. The highest BCUT2D eigenvalue weighted by molar-refractivity contribution is 6.31. The second-order valence-electron chi connectivity index (χ2n) is 8.66. The number of carboxylic acids is 1. The van der Waals surface area contributed by atoms with Crippen molar-refractivity contribution in [2.75, 3.05) is 26.9 Å². The van der Waals surface area contributed by atoms with Gasteiger partial charge in [0.2, 0.25) is 0 Å². The summed E-state index contributed by atoms with van der Waals surface area (Å²) in [5.74, 6) is -1.34. The Balaban J connectivity index is 1.94. The molecule has 11 nitrogen and oxygen atoms in total. The number of barbiturate groups is 1. The van der Waals surface area contributed by atoms with Gasteiger partial charge >= 0.3 is 12.0 Å². The first-order valence-corrected chi connectivity index (χ1v) is 12.7. The first kappa shape index (κ1) is 29.8. The van der Waals surface area contributed by atoms with Crippen molar-refractivity contribution in [1.82, 2.24) is 10.2 Å². The number of benzene rings is 2. The molecular weight excluding hydrogens is 520 g/mol. The second-order valence-corrected chi connectivity index (χ2v) is 8.66. The van der Waals surface area contributed by atoms with Crippen LogP contribution in [0.5, 0.6) is 23.0 Å². The predicted molar refractivity (Wildman–Crippen MR) is 145 cm³/mol. The summed E-state index contributed by atoms with van der Waals surface area (Å²) in [5.41, 5.74) is 1.27. The zero-order valence-electron chi connectivity index (χ0n) is 22.7. The van der Waals surface area contributed by atoms with Crippen molar-refractivity contribution < 1.29 is 43.2 Å². The topological polar surface area (TPSA) is 141 Å². The Hall–Kier alpha value is -4.80. The molecule has 0 radical (unpaired) electrons. The van der Waals surface area contributed by atoms with Crippen LogP contribution in [0.15, 0.2) is 48.6 Å². The van der Waals surface area contributed by atoms with Gasteiger partial charge in [-0.1, -0.05) is 19.1 Å². The Morgan fingerprint density at radius 3 is 2.48 bits per heavy atom. The lowest BCUT2D eigenvalue weighted by atomic mass is 10.0. The van der Waals surface area contributed by atoms with Crippen LogP contribution < -0.4 is 24.3 Å². The average molecular weight is 553 g/mol. The van der Waals surface area contributed by atoms with E-state index in [9.17, 15) is 19.2 Å². The van der Waals surface area contributed by atoms with Crippen LogP contribution in [0, 0.1) is 0 Å². The Morgan fingerprint density at radius 1 is 1.05 bits per heavy atom. The average Bonchev–Trinajstić information content (AvgIpc) is 2.92. The lowest BCUT2D eigenvalue weighted by Crippen LogP contribution is -2.53. The summed E-state index contributed by atoms with van der Waals surface area (Å²) < 4.78 is 22.2. The Morgan fingerprint density at radius 2 is 1.82 bits per heavy atom. The van der Waals surface area contributed by atoms with E-state index in [0.717, 1.165) is 11.3 Å². The molecule has 1 aliphatic heterocycles. The standard InChI is InChI=1S/C29H32N2O9/c1-5-8-20-12-19(15-24(37-4)26(20)40-17-25(32)33)13-21-27(34)30-29(36)31(28(21)35)16-18-9-10-22(39-11-6-2)23(14-18)38-7-3/h5,9-10,12-15H,1,6-8,11,16-17H2,2-4H3,(H,32,33)(H,30,34,36)/b21-13+. The third-order valence-electron chi connectivity index (χ3n) is 5.69. The van der Waals surface area contributed by atoms with Crippen molar-refractivity contribution in [3.63, 3.8) is 0 Å². The number of carbonyl (C=O) groups is 4. The van der Waals surface area contributed by atoms with Crippen LogP contribution in [0.2, 0.25) is 0 Å². The summed E-state index contributed by atoms with van der Waals surface area (Å²) in [6, 6.07) is 7.40. The molecule has 4 amide bonds. The second kappa shape index (κ2) is 13.8. The number of hydrogen-bond acceptors (Lipinski definition) is 8. The van der Waals surface area contributed by atoms with Gasteiger partial charge in [0.25, 0.3) is 11.8 Å². The van der Waals surface area contributed by atoms with Gasteiger partial charge in [0.15, 0.2) is 29.6 Å². The van der Waals surface area contributed by atoms with E-state index in [4.69, 9.17) is 24.1 Å². The molecule has 0 saturated carbocycles. The van der Waals surface area contributed by atoms with Crippen molar-refractivity contribution in [3.8, 4) is 23.0 Å². The number of imide groups is 2. The third kappa shape index (κ3) is 7.19. The maximum atomic E-state index is 13.4. The molecule has 1 saturated heterocycles. The zero-order chi connectivity index (χ0) is 29.2. The largest absolute Gasteiger partial charge is 0.493 e. The molecule has 0 atom stereocenters. The summed E-state index contributed by atoms with van der Waals surface area (Å²) in [6.07, 6.45) is 4.04. The molecular formula is C29H32N2O9. The Bertz CT molecular complexity index is 1330. The number of allylic oxidation sites excluding steroid dienone is 1. The normalized spacial score (nSPS) is 14.1. The van der Waals surface area contributed by atoms with Crippen LogP contribution in [0.25, 0.3) is 6.08 Å². The first-order valence-electron chi connectivity index (χ1n) is 12.7. The smallest absolute Gasteiger partial charge is 0.341 e. The molecule has 212 valence electrons. The SMILES string of the molecule is C=CCc1cc(/C=C2\C(=O)NC(=O)N(Cc3ccc(OCCC)c(OCC)c3)C2=O)cc(OC)c1OCC(=O)O. The number of ether oxygens (including phenoxy) is 4. The molecule has 0 spiro atoms. The van der Waals surface area contributed by atoms with Crippen molar-refractivity contribution in [2.45, 2.75) is 33.2 Å². The molecule has 0 unspecified atom stereocenters. The summed E-state index contributed by atoms with van der Waals surface area (Å²) in [5, 5.41) is 11.2. The summed E-state index contributed by atoms with van der Waals surface area (Å²) in [6.45, 7) is 7.73. The van der Waals surface area contributed by atoms with Crippen molar-refractivity contribution in [1.29, 1.82) is 0 Å². The minimum atomic E-state index is -1.16. The van der Waals surface area contributed by atoms with Gasteiger partial charge in [-0.2, -0.15) is 0 Å². The van der Waals surface area contributed by atoms with Crippen LogP contribution in [0.3, 0.4) is 0 Å². The predicted octanol–water partition coefficient (Wildman–Crippen LogP) is 3.74. The van der Waals surface area contributed by atoms with E-state index < -0.39 is 30.4 Å². The Labute approximate surface area is 232 Å². The minimum Gasteiger partial charge on any atom is -0.493 e. The number of carbonyl (C=O) groups excluding carboxylic acids is 3. The van der Waals surface area contributed by atoms with E-state index in [1.54, 1.807) is 30.3 Å². The van der Waals surface area contributed by atoms with Crippen LogP contribution in [0.1, 0.15) is 37.0 Å². The fourth-order valence-corrected chi connectivity index (χ4v) is 3.96. The van der Waals surface area contributed by atoms with E-state index in [2.05, 4.69) is 11.9 Å². The van der Waals surface area contributed by atoms with Crippen LogP contribution in [-0.4, -0.2) is 60.8 Å². The number of aliphatic carboxylic acids is 1. The molecule has 40 heavy (non-hydrogen) atoms. The number of methoxy groups -OCH3 is 1. The molecule has 11 heteroatoms. The van der Waals surface area contributed by atoms with E-state index in [1.165, 1.54) is 19.3 Å². The highest BCUT2D eigenvalue weighted by atomic mass is 16.5. The van der Waals surface area contributed by atoms with Gasteiger partial charge in [-0.05, 0) is 61.2 Å². The molecule has 0 bridgehead atoms. The molecule has 2 aromatic carbocycles. The fourth-order valence-electron chi connectivity index (χ4n) is 3.96. The molecule has 1 heterocycles. The monoisotopic (exact) mass is 552 g/mol. The summed E-state index contributed by atoms with van der Waals surface area (Å²) in [4.78, 5) is 50.6. The number of nitrogens with one attached hydrogen (secondary N) is 1. The number of nitrogens with zero attached hydrogens (tertiary/aromatic N) is 1. The lowest BCUT2D eigenvalue weighted by molar-refractivity contribution is -0.139. The molecule has 2 aromatic rings. The quantitative estimate of drug-likeness (QED) is 0.204. The molecule has 2 N–H and O–H groups in total. The molecule has 1 fully saturated rings. The van der Waals surface area contributed by atoms with E-state index in [0.29, 0.717) is 47.8 Å². The van der Waals surface area contributed by atoms with Crippen molar-refractivity contribution >= 4 is 29.9 Å². The number of carboxylic acid groups (broad SMARTS) is 1. The number of amides is 4.